The molecule has 308 valence electrons. The van der Waals surface area contributed by atoms with Crippen molar-refractivity contribution in [3.8, 4) is 11.5 Å². The van der Waals surface area contributed by atoms with E-state index in [0.29, 0.717) is 30.0 Å². The predicted molar refractivity (Wildman–Crippen MR) is 206 cm³/mol. The van der Waals surface area contributed by atoms with Gasteiger partial charge in [-0.25, -0.2) is 27.4 Å². The fourth-order valence-electron chi connectivity index (χ4n) is 7.32. The number of H-pyrrole nitrogens is 1. The van der Waals surface area contributed by atoms with Crippen LogP contribution < -0.4 is 19.2 Å². The molecule has 3 unspecified atom stereocenters. The second-order valence-corrected chi connectivity index (χ2v) is 17.3. The molecule has 3 aromatic carbocycles. The highest BCUT2D eigenvalue weighted by Crippen LogP contribution is 2.38. The summed E-state index contributed by atoms with van der Waals surface area (Å²) in [7, 11) is -4.57. The van der Waals surface area contributed by atoms with Gasteiger partial charge in [-0.05, 0) is 104 Å². The highest BCUT2D eigenvalue weighted by atomic mass is 35.5. The molecule has 1 aromatic heterocycles. The zero-order valence-corrected chi connectivity index (χ0v) is 33.4. The van der Waals surface area contributed by atoms with Crippen LogP contribution in [-0.4, -0.2) is 64.2 Å². The highest BCUT2D eigenvalue weighted by Gasteiger charge is 2.36. The Hall–Kier alpha value is -4.41. The summed E-state index contributed by atoms with van der Waals surface area (Å²) in [6, 6.07) is 12.5. The third-order valence-corrected chi connectivity index (χ3v) is 12.5. The third kappa shape index (κ3) is 10.6. The average molecular weight is 864 g/mol. The Morgan fingerprint density at radius 3 is 2.43 bits per heavy atom. The second-order valence-electron chi connectivity index (χ2n) is 14.8. The maximum Gasteiger partial charge on any atom is 0.387 e. The summed E-state index contributed by atoms with van der Waals surface area (Å²) in [5, 5.41) is 0.455. The van der Waals surface area contributed by atoms with Gasteiger partial charge in [0, 0.05) is 25.1 Å². The van der Waals surface area contributed by atoms with Crippen molar-refractivity contribution in [3.05, 3.63) is 117 Å². The first kappa shape index (κ1) is 41.7. The van der Waals surface area contributed by atoms with E-state index in [-0.39, 0.29) is 56.5 Å². The molecule has 4 aromatic rings. The predicted octanol–water partition coefficient (Wildman–Crippen LogP) is 7.52. The lowest BCUT2D eigenvalue weighted by atomic mass is 9.88. The van der Waals surface area contributed by atoms with E-state index in [0.717, 1.165) is 50.9 Å². The zero-order valence-electron chi connectivity index (χ0n) is 31.1. The number of fused-ring (bicyclic) bond motifs is 2. The lowest BCUT2D eigenvalue weighted by molar-refractivity contribution is -0.377. The number of benzene rings is 3. The first-order valence-corrected chi connectivity index (χ1v) is 21.1. The van der Waals surface area contributed by atoms with Gasteiger partial charge in [0.05, 0.1) is 17.1 Å². The van der Waals surface area contributed by atoms with Crippen LogP contribution in [0.1, 0.15) is 71.3 Å². The van der Waals surface area contributed by atoms with Crippen molar-refractivity contribution in [1.82, 2.24) is 9.62 Å². The van der Waals surface area contributed by atoms with E-state index < -0.39 is 52.6 Å². The van der Waals surface area contributed by atoms with Crippen molar-refractivity contribution in [1.29, 1.82) is 0 Å². The molecular formula is C41H41Cl2F3N3O8S+. The number of aromatic nitrogens is 1. The number of carbonyl (C=O) groups is 2. The number of pyridine rings is 1. The first-order chi connectivity index (χ1) is 27.8. The first-order valence-electron chi connectivity index (χ1n) is 18.9. The molecule has 1 aliphatic carbocycles. The van der Waals surface area contributed by atoms with Crippen LogP contribution in [0.5, 0.6) is 11.5 Å². The van der Waals surface area contributed by atoms with E-state index in [2.05, 4.69) is 19.3 Å². The van der Waals surface area contributed by atoms with Crippen molar-refractivity contribution in [2.45, 2.75) is 68.3 Å². The van der Waals surface area contributed by atoms with Crippen LogP contribution in [0.15, 0.2) is 84.0 Å². The second kappa shape index (κ2) is 18.2. The number of nitrogens with zero attached hydrogens (tertiary/aromatic N) is 1. The molecule has 58 heavy (non-hydrogen) atoms. The van der Waals surface area contributed by atoms with Crippen molar-refractivity contribution >= 4 is 45.2 Å². The minimum Gasteiger partial charge on any atom is -0.489 e. The number of nitrogens with one attached hydrogen (secondary N) is 2. The Labute approximate surface area is 343 Å². The smallest absolute Gasteiger partial charge is 0.387 e. The highest BCUT2D eigenvalue weighted by molar-refractivity contribution is 7.89. The number of sulfonamides is 1. The van der Waals surface area contributed by atoms with Crippen LogP contribution in [0.25, 0.3) is 0 Å². The van der Waals surface area contributed by atoms with Gasteiger partial charge in [-0.3, -0.25) is 4.90 Å². The molecule has 5 atom stereocenters. The van der Waals surface area contributed by atoms with Gasteiger partial charge in [-0.1, -0.05) is 47.5 Å². The Morgan fingerprint density at radius 2 is 1.71 bits per heavy atom. The Kier molecular flexibility index (Phi) is 13.1. The fourth-order valence-corrected chi connectivity index (χ4v) is 9.07. The van der Waals surface area contributed by atoms with Crippen molar-refractivity contribution in [2.75, 3.05) is 26.2 Å². The number of ether oxygens (including phenoxy) is 4. The van der Waals surface area contributed by atoms with Crippen molar-refractivity contribution in [3.63, 3.8) is 0 Å². The topological polar surface area (TPSA) is 135 Å². The van der Waals surface area contributed by atoms with Crippen LogP contribution in [0.3, 0.4) is 0 Å². The number of rotatable bonds is 16. The molecule has 2 saturated heterocycles. The largest absolute Gasteiger partial charge is 0.489 e. The van der Waals surface area contributed by atoms with Crippen LogP contribution in [0.2, 0.25) is 10.0 Å². The van der Waals surface area contributed by atoms with Crippen LogP contribution >= 0.6 is 23.2 Å². The summed E-state index contributed by atoms with van der Waals surface area (Å²) in [6.45, 7) is -0.539. The molecule has 17 heteroatoms. The Balaban J connectivity index is 1.14. The van der Waals surface area contributed by atoms with E-state index in [9.17, 15) is 31.2 Å². The molecule has 2 aliphatic heterocycles. The zero-order chi connectivity index (χ0) is 41.0. The van der Waals surface area contributed by atoms with Gasteiger partial charge in [0.1, 0.15) is 34.1 Å². The number of esters is 2. The number of alkyl halides is 2. The van der Waals surface area contributed by atoms with E-state index in [1.807, 2.05) is 0 Å². The molecule has 7 rings (SSSR count). The molecule has 2 N–H and O–H groups in total. The number of aromatic amines is 1. The molecule has 11 nitrogen and oxygen atoms in total. The van der Waals surface area contributed by atoms with Crippen LogP contribution in [0, 0.1) is 17.7 Å². The molecule has 3 fully saturated rings. The van der Waals surface area contributed by atoms with Gasteiger partial charge < -0.3 is 18.9 Å². The number of piperidine rings is 2. The van der Waals surface area contributed by atoms with Crippen LogP contribution in [0.4, 0.5) is 13.2 Å². The van der Waals surface area contributed by atoms with Gasteiger partial charge >= 0.3 is 18.6 Å². The summed E-state index contributed by atoms with van der Waals surface area (Å²) in [4.78, 5) is 32.2. The van der Waals surface area contributed by atoms with Crippen molar-refractivity contribution in [2.24, 2.45) is 11.8 Å². The summed E-state index contributed by atoms with van der Waals surface area (Å²) in [5.74, 6) is -2.09. The quantitative estimate of drug-likeness (QED) is 0.114. The van der Waals surface area contributed by atoms with E-state index >= 15 is 0 Å². The summed E-state index contributed by atoms with van der Waals surface area (Å²) in [6.07, 6.45) is 5.86. The monoisotopic (exact) mass is 862 g/mol. The third-order valence-electron chi connectivity index (χ3n) is 10.4. The van der Waals surface area contributed by atoms with Crippen molar-refractivity contribution < 1.29 is 55.1 Å². The molecule has 0 amide bonds. The molecule has 0 spiro atoms. The molecule has 1 saturated carbocycles. The number of carbonyl (C=O) groups excluding carboxylic acids is 2. The summed E-state index contributed by atoms with van der Waals surface area (Å²) < 4.78 is 93.7. The van der Waals surface area contributed by atoms with E-state index in [4.69, 9.17) is 37.4 Å². The normalized spacial score (nSPS) is 20.2. The van der Waals surface area contributed by atoms with Crippen LogP contribution in [-0.2, 0) is 30.7 Å². The Bertz CT molecular complexity index is 2220. The average Bonchev–Trinajstić information content (AvgIpc) is 4.02. The molecule has 0 radical (unpaired) electrons. The van der Waals surface area contributed by atoms with Gasteiger partial charge in [-0.15, -0.1) is 0 Å². The lowest BCUT2D eigenvalue weighted by Gasteiger charge is -2.41. The number of hydrogen-bond donors (Lipinski definition) is 1. The van der Waals surface area contributed by atoms with E-state index in [1.165, 1.54) is 67.0 Å². The molecule has 3 heterocycles. The molecular weight excluding hydrogens is 822 g/mol. The fraction of sp³-hybridized carbons (Fsp3) is 0.390. The van der Waals surface area contributed by atoms with Gasteiger partial charge in [-0.2, -0.15) is 13.5 Å². The molecule has 2 bridgehead atoms. The number of halogens is 5. The minimum atomic E-state index is -4.57. The minimum absolute atomic E-state index is 0.0127. The maximum atomic E-state index is 14.4. The lowest BCUT2D eigenvalue weighted by Crippen LogP contribution is -2.49. The Morgan fingerprint density at radius 1 is 0.931 bits per heavy atom. The van der Waals surface area contributed by atoms with Gasteiger partial charge in [0.25, 0.3) is 0 Å². The maximum absolute atomic E-state index is 14.4. The number of hydrogen-bond acceptors (Lipinski definition) is 9. The van der Waals surface area contributed by atoms with Gasteiger partial charge in [0.2, 0.25) is 10.0 Å². The summed E-state index contributed by atoms with van der Waals surface area (Å²) >= 11 is 12.9. The van der Waals surface area contributed by atoms with Gasteiger partial charge in [0.15, 0.2) is 23.9 Å². The standard InChI is InChI=1S/C41H40Cl2F3N3O8S/c42-33-19-47-20-34(43)32(33)18-36(26-11-12-35(57-41(45)46)37(17-26)54-23-24-9-10-24)56-39(50)28-6-2-8-31(16-28)58(52,53)48-38(27-5-1-7-29(44)15-27)40(51)55-30-14-25-4-3-13-49(21-25)22-30/h1-2,5-8,11-12,15-17,19-20,24-25,30,36,38,41,48H,3-4,9-10,13-14,18,21-23H2/p+1/t25?,30-,36+,38?/m1/s1. The molecule has 3 aliphatic rings. The summed E-state index contributed by atoms with van der Waals surface area (Å²) in [5.41, 5.74) is 0.574. The van der Waals surface area contributed by atoms with E-state index in [1.54, 1.807) is 0 Å². The SMILES string of the molecule is O=C(O[C@@H](Cc1c(Cl)c[nH+]cc1Cl)c1ccc(OC(F)F)c(OCC2CC2)c1)c1cccc(S(=O)(=O)NC(C(=O)O[C@@H]2CC3CCCN(C3)C2)c2cccc(F)c2)c1.